The second kappa shape index (κ2) is 9.62. The molecule has 1 aromatic carbocycles. The number of ether oxygens (including phenoxy) is 2. The molecular formula is C19H24O4. The zero-order valence-corrected chi connectivity index (χ0v) is 14.2. The van der Waals surface area contributed by atoms with E-state index < -0.39 is 11.9 Å². The lowest BCUT2D eigenvalue weighted by Crippen LogP contribution is -2.10. The predicted molar refractivity (Wildman–Crippen MR) is 90.5 cm³/mol. The summed E-state index contributed by atoms with van der Waals surface area (Å²) in [5, 5.41) is 0. The molecule has 0 N–H and O–H groups in total. The van der Waals surface area contributed by atoms with Gasteiger partial charge in [-0.15, -0.1) is 0 Å². The first-order valence-electron chi connectivity index (χ1n) is 7.63. The van der Waals surface area contributed by atoms with Crippen LogP contribution >= 0.6 is 0 Å². The molecule has 4 nitrogen and oxygen atoms in total. The third-order valence-electron chi connectivity index (χ3n) is 3.10. The summed E-state index contributed by atoms with van der Waals surface area (Å²) >= 11 is 0. The average molecular weight is 316 g/mol. The largest absolute Gasteiger partial charge is 0.458 e. The van der Waals surface area contributed by atoms with Crippen molar-refractivity contribution in [2.45, 2.75) is 40.5 Å². The van der Waals surface area contributed by atoms with E-state index in [9.17, 15) is 9.59 Å². The van der Waals surface area contributed by atoms with Crippen LogP contribution in [-0.2, 0) is 9.53 Å². The van der Waals surface area contributed by atoms with Gasteiger partial charge >= 0.3 is 11.9 Å². The van der Waals surface area contributed by atoms with E-state index in [-0.39, 0.29) is 17.9 Å². The van der Waals surface area contributed by atoms with Gasteiger partial charge in [0, 0.05) is 6.92 Å². The van der Waals surface area contributed by atoms with Crippen LogP contribution < -0.4 is 4.74 Å². The van der Waals surface area contributed by atoms with E-state index in [0.29, 0.717) is 0 Å². The minimum Gasteiger partial charge on any atom is -0.458 e. The van der Waals surface area contributed by atoms with Gasteiger partial charge in [-0.3, -0.25) is 4.79 Å². The topological polar surface area (TPSA) is 52.6 Å². The van der Waals surface area contributed by atoms with Gasteiger partial charge in [0.25, 0.3) is 0 Å². The first kappa shape index (κ1) is 18.7. The maximum absolute atomic E-state index is 12.1. The Kier molecular flexibility index (Phi) is 7.81. The van der Waals surface area contributed by atoms with Gasteiger partial charge in [0.1, 0.15) is 17.9 Å². The Hall–Kier alpha value is -2.36. The first-order valence-corrected chi connectivity index (χ1v) is 7.63. The lowest BCUT2D eigenvalue weighted by atomic mass is 10.1. The van der Waals surface area contributed by atoms with Crippen molar-refractivity contribution in [3.05, 3.63) is 53.1 Å². The predicted octanol–water partition coefficient (Wildman–Crippen LogP) is 4.46. The molecule has 0 aliphatic rings. The van der Waals surface area contributed by atoms with Crippen molar-refractivity contribution in [1.29, 1.82) is 0 Å². The highest BCUT2D eigenvalue weighted by Crippen LogP contribution is 2.19. The van der Waals surface area contributed by atoms with Crippen molar-refractivity contribution >= 4 is 11.9 Å². The third-order valence-corrected chi connectivity index (χ3v) is 3.10. The third kappa shape index (κ3) is 7.45. The van der Waals surface area contributed by atoms with Crippen molar-refractivity contribution in [3.63, 3.8) is 0 Å². The molecule has 0 aliphatic carbocycles. The van der Waals surface area contributed by atoms with Gasteiger partial charge in [0.15, 0.2) is 0 Å². The molecule has 0 aliphatic heterocycles. The fourth-order valence-corrected chi connectivity index (χ4v) is 1.91. The Morgan fingerprint density at radius 3 is 2.39 bits per heavy atom. The SMILES string of the molecule is CC(=O)Oc1ccccc1C(=O)OCC=C(C)CCC=C(C)C. The van der Waals surface area contributed by atoms with Crippen molar-refractivity contribution in [2.24, 2.45) is 0 Å². The van der Waals surface area contributed by atoms with Crippen LogP contribution in [0.25, 0.3) is 0 Å². The number of carbonyl (C=O) groups is 2. The van der Waals surface area contributed by atoms with Crippen LogP contribution in [0.15, 0.2) is 47.6 Å². The Morgan fingerprint density at radius 2 is 1.74 bits per heavy atom. The molecule has 0 bridgehead atoms. The lowest BCUT2D eigenvalue weighted by molar-refractivity contribution is -0.131. The second-order valence-corrected chi connectivity index (χ2v) is 5.56. The van der Waals surface area contributed by atoms with Gasteiger partial charge in [0.2, 0.25) is 0 Å². The molecule has 124 valence electrons. The molecule has 0 unspecified atom stereocenters. The van der Waals surface area contributed by atoms with E-state index in [0.717, 1.165) is 12.8 Å². The van der Waals surface area contributed by atoms with Crippen LogP contribution in [0.5, 0.6) is 5.75 Å². The van der Waals surface area contributed by atoms with Gasteiger partial charge < -0.3 is 9.47 Å². The van der Waals surface area contributed by atoms with E-state index >= 15 is 0 Å². The summed E-state index contributed by atoms with van der Waals surface area (Å²) in [6, 6.07) is 6.54. The monoisotopic (exact) mass is 316 g/mol. The molecule has 0 saturated heterocycles. The van der Waals surface area contributed by atoms with Crippen molar-refractivity contribution < 1.29 is 19.1 Å². The molecule has 0 radical (unpaired) electrons. The summed E-state index contributed by atoms with van der Waals surface area (Å²) < 4.78 is 10.2. The molecule has 0 atom stereocenters. The highest BCUT2D eigenvalue weighted by Gasteiger charge is 2.14. The first-order chi connectivity index (χ1) is 10.9. The van der Waals surface area contributed by atoms with Crippen LogP contribution in [0.1, 0.15) is 50.9 Å². The number of para-hydroxylation sites is 1. The summed E-state index contributed by atoms with van der Waals surface area (Å²) in [7, 11) is 0. The summed E-state index contributed by atoms with van der Waals surface area (Å²) in [6.45, 7) is 7.65. The number of carbonyl (C=O) groups excluding carboxylic acids is 2. The Labute approximate surface area is 137 Å². The molecule has 1 aromatic rings. The van der Waals surface area contributed by atoms with E-state index in [1.165, 1.54) is 18.1 Å². The van der Waals surface area contributed by atoms with E-state index in [1.807, 2.05) is 13.0 Å². The zero-order chi connectivity index (χ0) is 17.2. The van der Waals surface area contributed by atoms with Crippen LogP contribution in [0.2, 0.25) is 0 Å². The van der Waals surface area contributed by atoms with Gasteiger partial charge in [0.05, 0.1) is 0 Å². The fraction of sp³-hybridized carbons (Fsp3) is 0.368. The number of allylic oxidation sites excluding steroid dienone is 3. The van der Waals surface area contributed by atoms with Crippen LogP contribution in [0, 0.1) is 0 Å². The normalized spacial score (nSPS) is 10.9. The molecule has 0 spiro atoms. The maximum atomic E-state index is 12.1. The number of esters is 2. The molecule has 23 heavy (non-hydrogen) atoms. The molecule has 4 heteroatoms. The molecule has 0 heterocycles. The zero-order valence-electron chi connectivity index (χ0n) is 14.2. The molecule has 0 amide bonds. The van der Waals surface area contributed by atoms with Crippen LogP contribution in [-0.4, -0.2) is 18.5 Å². The molecule has 0 saturated carbocycles. The van der Waals surface area contributed by atoms with E-state index in [2.05, 4.69) is 19.9 Å². The van der Waals surface area contributed by atoms with Crippen molar-refractivity contribution in [3.8, 4) is 5.75 Å². The molecule has 0 fully saturated rings. The molecule has 0 aromatic heterocycles. The van der Waals surface area contributed by atoms with Crippen LogP contribution in [0.3, 0.4) is 0 Å². The Morgan fingerprint density at radius 1 is 1.04 bits per heavy atom. The summed E-state index contributed by atoms with van der Waals surface area (Å²) in [4.78, 5) is 23.1. The van der Waals surface area contributed by atoms with Gasteiger partial charge in [-0.1, -0.05) is 29.4 Å². The summed E-state index contributed by atoms with van der Waals surface area (Å²) in [5.41, 5.74) is 2.72. The van der Waals surface area contributed by atoms with E-state index in [1.54, 1.807) is 24.3 Å². The smallest absolute Gasteiger partial charge is 0.342 e. The number of hydrogen-bond donors (Lipinski definition) is 0. The van der Waals surface area contributed by atoms with Gasteiger partial charge in [-0.25, -0.2) is 4.79 Å². The Bertz CT molecular complexity index is 608. The average Bonchev–Trinajstić information content (AvgIpc) is 2.46. The molecular weight excluding hydrogens is 292 g/mol. The minimum absolute atomic E-state index is 0.202. The van der Waals surface area contributed by atoms with Crippen molar-refractivity contribution in [2.75, 3.05) is 6.61 Å². The van der Waals surface area contributed by atoms with E-state index in [4.69, 9.17) is 9.47 Å². The summed E-state index contributed by atoms with van der Waals surface area (Å²) in [5.74, 6) is -0.760. The van der Waals surface area contributed by atoms with Crippen molar-refractivity contribution in [1.82, 2.24) is 0 Å². The highest BCUT2D eigenvalue weighted by molar-refractivity contribution is 5.93. The fourth-order valence-electron chi connectivity index (χ4n) is 1.91. The quantitative estimate of drug-likeness (QED) is 0.423. The van der Waals surface area contributed by atoms with Gasteiger partial charge in [-0.2, -0.15) is 0 Å². The van der Waals surface area contributed by atoms with Gasteiger partial charge in [-0.05, 0) is 51.8 Å². The highest BCUT2D eigenvalue weighted by atomic mass is 16.5. The number of rotatable bonds is 7. The second-order valence-electron chi connectivity index (χ2n) is 5.56. The number of benzene rings is 1. The summed E-state index contributed by atoms with van der Waals surface area (Å²) in [6.07, 6.45) is 5.99. The number of hydrogen-bond acceptors (Lipinski definition) is 4. The van der Waals surface area contributed by atoms with Crippen LogP contribution in [0.4, 0.5) is 0 Å². The maximum Gasteiger partial charge on any atom is 0.342 e. The Balaban J connectivity index is 2.57. The molecule has 1 rings (SSSR count). The lowest BCUT2D eigenvalue weighted by Gasteiger charge is -2.08. The standard InChI is InChI=1S/C19H24O4/c1-14(2)8-7-9-15(3)12-13-22-19(21)17-10-5-6-11-18(17)23-16(4)20/h5-6,8,10-12H,7,9,13H2,1-4H3. The minimum atomic E-state index is -0.504.